The van der Waals surface area contributed by atoms with Gasteiger partial charge in [-0.15, -0.1) is 0 Å². The van der Waals surface area contributed by atoms with E-state index in [0.29, 0.717) is 5.56 Å². The zero-order valence-electron chi connectivity index (χ0n) is 10.6. The average Bonchev–Trinajstić information content (AvgIpc) is 2.31. The molecule has 1 N–H and O–H groups in total. The van der Waals surface area contributed by atoms with E-state index in [1.165, 1.54) is 0 Å². The van der Waals surface area contributed by atoms with Crippen molar-refractivity contribution in [3.05, 3.63) is 35.9 Å². The van der Waals surface area contributed by atoms with Crippen LogP contribution >= 0.6 is 0 Å². The van der Waals surface area contributed by atoms with Crippen LogP contribution in [0.1, 0.15) is 31.1 Å². The molecular formula is C13H18O4. The Hall–Kier alpha value is -1.68. The number of hydrogen-bond donors (Lipinski definition) is 1. The predicted molar refractivity (Wildman–Crippen MR) is 64.5 cm³/mol. The molecule has 1 aromatic rings. The molecule has 1 rings (SSSR count). The van der Waals surface area contributed by atoms with Gasteiger partial charge in [-0.25, -0.2) is 4.79 Å². The number of rotatable bonds is 1. The van der Waals surface area contributed by atoms with Crippen molar-refractivity contribution in [3.8, 4) is 0 Å². The number of aliphatic hydroxyl groups excluding tert-OH is 1. The first-order valence-electron chi connectivity index (χ1n) is 5.17. The maximum atomic E-state index is 11.5. The number of ether oxygens (including phenoxy) is 1. The average molecular weight is 238 g/mol. The third-order valence-corrected chi connectivity index (χ3v) is 1.81. The summed E-state index contributed by atoms with van der Waals surface area (Å²) in [4.78, 5) is 22.9. The van der Waals surface area contributed by atoms with E-state index in [9.17, 15) is 9.59 Å². The van der Waals surface area contributed by atoms with Crippen LogP contribution in [0.3, 0.4) is 0 Å². The van der Waals surface area contributed by atoms with Crippen LogP contribution in [0.4, 0.5) is 0 Å². The normalized spacial score (nSPS) is 9.94. The van der Waals surface area contributed by atoms with E-state index in [1.54, 1.807) is 51.1 Å². The number of carbonyl (C=O) groups excluding carboxylic acids is 2. The van der Waals surface area contributed by atoms with E-state index in [4.69, 9.17) is 9.84 Å². The minimum Gasteiger partial charge on any atom is -0.400 e. The van der Waals surface area contributed by atoms with Crippen LogP contribution in [0, 0.1) is 5.41 Å². The van der Waals surface area contributed by atoms with Crippen molar-refractivity contribution >= 4 is 11.9 Å². The van der Waals surface area contributed by atoms with Gasteiger partial charge < -0.3 is 9.84 Å². The van der Waals surface area contributed by atoms with Gasteiger partial charge in [0.15, 0.2) is 0 Å². The maximum absolute atomic E-state index is 11.5. The topological polar surface area (TPSA) is 63.6 Å². The van der Waals surface area contributed by atoms with Gasteiger partial charge >= 0.3 is 11.9 Å². The number of esters is 2. The second-order valence-electron chi connectivity index (χ2n) is 4.29. The fourth-order valence-corrected chi connectivity index (χ4v) is 0.870. The van der Waals surface area contributed by atoms with E-state index in [-0.39, 0.29) is 0 Å². The highest BCUT2D eigenvalue weighted by Crippen LogP contribution is 2.16. The largest absolute Gasteiger partial charge is 0.400 e. The number of carbonyl (C=O) groups is 2. The molecule has 1 aromatic carbocycles. The van der Waals surface area contributed by atoms with E-state index >= 15 is 0 Å². The smallest absolute Gasteiger partial charge is 0.345 e. The molecule has 0 unspecified atom stereocenters. The summed E-state index contributed by atoms with van der Waals surface area (Å²) in [5.41, 5.74) is -0.278. The van der Waals surface area contributed by atoms with Gasteiger partial charge in [-0.3, -0.25) is 4.79 Å². The second kappa shape index (κ2) is 6.81. The molecule has 94 valence electrons. The number of benzene rings is 1. The molecule has 0 aliphatic heterocycles. The third kappa shape index (κ3) is 5.26. The molecule has 0 radical (unpaired) electrons. The summed E-state index contributed by atoms with van der Waals surface area (Å²) in [5, 5.41) is 7.00. The Morgan fingerprint density at radius 2 is 1.53 bits per heavy atom. The third-order valence-electron chi connectivity index (χ3n) is 1.81. The van der Waals surface area contributed by atoms with Gasteiger partial charge in [-0.1, -0.05) is 18.2 Å². The molecule has 0 saturated carbocycles. The molecule has 0 bridgehead atoms. The van der Waals surface area contributed by atoms with Gasteiger partial charge in [0.25, 0.3) is 0 Å². The molecule has 4 heteroatoms. The van der Waals surface area contributed by atoms with Gasteiger partial charge in [-0.05, 0) is 32.9 Å². The van der Waals surface area contributed by atoms with Gasteiger partial charge in [-0.2, -0.15) is 0 Å². The zero-order valence-corrected chi connectivity index (χ0v) is 10.6. The van der Waals surface area contributed by atoms with Crippen LogP contribution in [0.25, 0.3) is 0 Å². The monoisotopic (exact) mass is 238 g/mol. The summed E-state index contributed by atoms with van der Waals surface area (Å²) in [6.07, 6.45) is 0. The molecule has 0 amide bonds. The lowest BCUT2D eigenvalue weighted by Gasteiger charge is -2.15. The Labute approximate surface area is 101 Å². The Kier molecular flexibility index (Phi) is 6.13. The molecule has 0 spiro atoms. The van der Waals surface area contributed by atoms with Crippen molar-refractivity contribution in [2.24, 2.45) is 5.41 Å². The van der Waals surface area contributed by atoms with Crippen LogP contribution in [-0.2, 0) is 9.53 Å². The van der Waals surface area contributed by atoms with E-state index < -0.39 is 17.4 Å². The highest BCUT2D eigenvalue weighted by Gasteiger charge is 2.26. The Balaban J connectivity index is 0.00000121. The quantitative estimate of drug-likeness (QED) is 0.600. The zero-order chi connectivity index (χ0) is 13.5. The molecule has 0 saturated heterocycles. The molecule has 4 nitrogen and oxygen atoms in total. The highest BCUT2D eigenvalue weighted by atomic mass is 16.6. The van der Waals surface area contributed by atoms with Crippen molar-refractivity contribution in [3.63, 3.8) is 0 Å². The minimum atomic E-state index is -0.662. The lowest BCUT2D eigenvalue weighted by atomic mass is 9.97. The Morgan fingerprint density at radius 3 is 1.94 bits per heavy atom. The lowest BCUT2D eigenvalue weighted by Crippen LogP contribution is -2.25. The molecule has 0 fully saturated rings. The molecular weight excluding hydrogens is 220 g/mol. The predicted octanol–water partition coefficient (Wildman–Crippen LogP) is 2.02. The Morgan fingerprint density at radius 1 is 1.06 bits per heavy atom. The molecule has 0 aliphatic rings. The number of hydrogen-bond acceptors (Lipinski definition) is 4. The van der Waals surface area contributed by atoms with Crippen molar-refractivity contribution in [2.45, 2.75) is 20.8 Å². The van der Waals surface area contributed by atoms with Crippen molar-refractivity contribution < 1.29 is 19.4 Å². The molecule has 17 heavy (non-hydrogen) atoms. The summed E-state index contributed by atoms with van der Waals surface area (Å²) in [7, 11) is 1.00. The fourth-order valence-electron chi connectivity index (χ4n) is 0.870. The standard InChI is InChI=1S/C12H14O3.CH4O/c1-12(2,3)11(14)15-10(13)9-7-5-4-6-8-9;1-2/h4-8H,1-3H3;2H,1H3. The molecule has 0 heterocycles. The van der Waals surface area contributed by atoms with E-state index in [0.717, 1.165) is 7.11 Å². The summed E-state index contributed by atoms with van der Waals surface area (Å²) >= 11 is 0. The van der Waals surface area contributed by atoms with Crippen LogP contribution in [0.2, 0.25) is 0 Å². The first-order valence-corrected chi connectivity index (χ1v) is 5.17. The van der Waals surface area contributed by atoms with Crippen molar-refractivity contribution in [2.75, 3.05) is 7.11 Å². The number of aliphatic hydroxyl groups is 1. The first kappa shape index (κ1) is 15.3. The van der Waals surface area contributed by atoms with Gasteiger partial charge in [0.2, 0.25) is 0 Å². The minimum absolute atomic E-state index is 0.384. The SMILES string of the molecule is CC(C)(C)C(=O)OC(=O)c1ccccc1.CO. The van der Waals surface area contributed by atoms with Gasteiger partial charge in [0.05, 0.1) is 11.0 Å². The first-order chi connectivity index (χ1) is 7.91. The summed E-state index contributed by atoms with van der Waals surface area (Å²) in [6, 6.07) is 8.45. The maximum Gasteiger partial charge on any atom is 0.345 e. The lowest BCUT2D eigenvalue weighted by molar-refractivity contribution is -0.146. The summed E-state index contributed by atoms with van der Waals surface area (Å²) < 4.78 is 4.72. The molecule has 0 atom stereocenters. The molecule has 0 aliphatic carbocycles. The van der Waals surface area contributed by atoms with Crippen molar-refractivity contribution in [1.82, 2.24) is 0 Å². The summed E-state index contributed by atoms with van der Waals surface area (Å²) in [5.74, 6) is -1.12. The molecule has 0 aromatic heterocycles. The van der Waals surface area contributed by atoms with Crippen LogP contribution in [-0.4, -0.2) is 24.2 Å². The van der Waals surface area contributed by atoms with Gasteiger partial charge in [0, 0.05) is 7.11 Å². The fraction of sp³-hybridized carbons (Fsp3) is 0.385. The Bertz CT molecular complexity index is 363. The van der Waals surface area contributed by atoms with Crippen LogP contribution in [0.15, 0.2) is 30.3 Å². The van der Waals surface area contributed by atoms with Crippen LogP contribution < -0.4 is 0 Å². The van der Waals surface area contributed by atoms with E-state index in [2.05, 4.69) is 0 Å². The second-order valence-corrected chi connectivity index (χ2v) is 4.29. The van der Waals surface area contributed by atoms with Gasteiger partial charge in [0.1, 0.15) is 0 Å². The summed E-state index contributed by atoms with van der Waals surface area (Å²) in [6.45, 7) is 5.11. The van der Waals surface area contributed by atoms with E-state index in [1.807, 2.05) is 0 Å². The van der Waals surface area contributed by atoms with Crippen LogP contribution in [0.5, 0.6) is 0 Å². The van der Waals surface area contributed by atoms with Crippen molar-refractivity contribution in [1.29, 1.82) is 0 Å². The highest BCUT2D eigenvalue weighted by molar-refractivity contribution is 5.97.